The van der Waals surface area contributed by atoms with Crippen molar-refractivity contribution in [2.45, 2.75) is 6.04 Å². The van der Waals surface area contributed by atoms with Gasteiger partial charge in [0.05, 0.1) is 12.3 Å². The van der Waals surface area contributed by atoms with Crippen LogP contribution in [0, 0.1) is 0 Å². The highest BCUT2D eigenvalue weighted by molar-refractivity contribution is 6.30. The molecule has 16 heavy (non-hydrogen) atoms. The van der Waals surface area contributed by atoms with E-state index in [1.807, 2.05) is 37.4 Å². The maximum Gasteiger partial charge on any atom is 0.198 e. The summed E-state index contributed by atoms with van der Waals surface area (Å²) in [6.45, 7) is 0. The molecule has 0 amide bonds. The molecule has 2 nitrogen and oxygen atoms in total. The molecule has 0 fully saturated rings. The van der Waals surface area contributed by atoms with Gasteiger partial charge < -0.3 is 9.73 Å². The molecule has 0 radical (unpaired) electrons. The molecule has 2 aromatic rings. The van der Waals surface area contributed by atoms with Gasteiger partial charge in [0.1, 0.15) is 0 Å². The second kappa shape index (κ2) is 4.91. The zero-order valence-electron chi connectivity index (χ0n) is 8.71. The lowest BCUT2D eigenvalue weighted by Crippen LogP contribution is -2.17. The largest absolute Gasteiger partial charge is 0.453 e. The predicted molar refractivity (Wildman–Crippen MR) is 66.1 cm³/mol. The van der Waals surface area contributed by atoms with Gasteiger partial charge in [0.15, 0.2) is 5.22 Å². The molecule has 0 aliphatic heterocycles. The van der Waals surface area contributed by atoms with Crippen molar-refractivity contribution in [2.24, 2.45) is 0 Å². The van der Waals surface area contributed by atoms with Crippen LogP contribution >= 0.6 is 23.2 Å². The van der Waals surface area contributed by atoms with E-state index in [1.165, 1.54) is 0 Å². The van der Waals surface area contributed by atoms with Crippen LogP contribution in [0.2, 0.25) is 10.2 Å². The first-order valence-corrected chi connectivity index (χ1v) is 5.63. The number of hydrogen-bond donors (Lipinski definition) is 1. The van der Waals surface area contributed by atoms with Crippen molar-refractivity contribution in [3.05, 3.63) is 58.0 Å². The molecule has 1 aromatic heterocycles. The molecule has 0 bridgehead atoms. The van der Waals surface area contributed by atoms with Crippen molar-refractivity contribution in [1.82, 2.24) is 5.32 Å². The molecule has 1 heterocycles. The zero-order chi connectivity index (χ0) is 11.5. The molecule has 0 aliphatic rings. The minimum atomic E-state index is 0.0171. The van der Waals surface area contributed by atoms with Gasteiger partial charge in [0.25, 0.3) is 0 Å². The van der Waals surface area contributed by atoms with Crippen molar-refractivity contribution in [2.75, 3.05) is 7.05 Å². The van der Waals surface area contributed by atoms with E-state index in [1.54, 1.807) is 6.26 Å². The van der Waals surface area contributed by atoms with Gasteiger partial charge in [-0.3, -0.25) is 0 Å². The van der Waals surface area contributed by atoms with Gasteiger partial charge in [-0.2, -0.15) is 0 Å². The Morgan fingerprint density at radius 2 is 1.81 bits per heavy atom. The van der Waals surface area contributed by atoms with Crippen molar-refractivity contribution in [1.29, 1.82) is 0 Å². The normalized spacial score (nSPS) is 12.7. The quantitative estimate of drug-likeness (QED) is 0.901. The molecule has 1 unspecified atom stereocenters. The highest BCUT2D eigenvalue weighted by Crippen LogP contribution is 2.29. The van der Waals surface area contributed by atoms with Crippen LogP contribution in [0.15, 0.2) is 41.0 Å². The molecule has 84 valence electrons. The molecule has 0 spiro atoms. The van der Waals surface area contributed by atoms with Crippen molar-refractivity contribution < 1.29 is 4.42 Å². The Kier molecular flexibility index (Phi) is 3.54. The second-order valence-electron chi connectivity index (χ2n) is 3.42. The van der Waals surface area contributed by atoms with E-state index < -0.39 is 0 Å². The summed E-state index contributed by atoms with van der Waals surface area (Å²) < 4.78 is 5.09. The Morgan fingerprint density at radius 1 is 1.12 bits per heavy atom. The fourth-order valence-corrected chi connectivity index (χ4v) is 2.02. The van der Waals surface area contributed by atoms with E-state index in [0.717, 1.165) is 16.1 Å². The summed E-state index contributed by atoms with van der Waals surface area (Å²) in [6.07, 6.45) is 1.58. The van der Waals surface area contributed by atoms with Gasteiger partial charge in [-0.1, -0.05) is 23.7 Å². The number of rotatable bonds is 3. The molecule has 1 N–H and O–H groups in total. The maximum atomic E-state index is 5.96. The Morgan fingerprint density at radius 3 is 2.31 bits per heavy atom. The monoisotopic (exact) mass is 255 g/mol. The first kappa shape index (κ1) is 11.5. The third kappa shape index (κ3) is 2.24. The van der Waals surface area contributed by atoms with Gasteiger partial charge in [0, 0.05) is 10.6 Å². The number of nitrogens with one attached hydrogen (secondary N) is 1. The van der Waals surface area contributed by atoms with Gasteiger partial charge in [-0.25, -0.2) is 0 Å². The molecule has 2 rings (SSSR count). The van der Waals surface area contributed by atoms with Crippen LogP contribution < -0.4 is 5.32 Å². The third-order valence-electron chi connectivity index (χ3n) is 2.45. The van der Waals surface area contributed by atoms with E-state index in [4.69, 9.17) is 27.6 Å². The first-order valence-electron chi connectivity index (χ1n) is 4.88. The Labute approximate surface area is 104 Å². The van der Waals surface area contributed by atoms with Gasteiger partial charge in [0.2, 0.25) is 0 Å². The minimum Gasteiger partial charge on any atom is -0.453 e. The highest BCUT2D eigenvalue weighted by atomic mass is 35.5. The molecule has 1 aromatic carbocycles. The van der Waals surface area contributed by atoms with Gasteiger partial charge in [-0.15, -0.1) is 0 Å². The van der Waals surface area contributed by atoms with Crippen LogP contribution in [-0.2, 0) is 0 Å². The van der Waals surface area contributed by atoms with Crippen LogP contribution in [0.1, 0.15) is 17.2 Å². The van der Waals surface area contributed by atoms with Gasteiger partial charge in [-0.05, 0) is 42.4 Å². The highest BCUT2D eigenvalue weighted by Gasteiger charge is 2.16. The molecule has 0 saturated heterocycles. The first-order chi connectivity index (χ1) is 7.72. The number of hydrogen-bond acceptors (Lipinski definition) is 2. The summed E-state index contributed by atoms with van der Waals surface area (Å²) in [4.78, 5) is 0. The van der Waals surface area contributed by atoms with Crippen LogP contribution in [0.5, 0.6) is 0 Å². The van der Waals surface area contributed by atoms with E-state index in [2.05, 4.69) is 5.32 Å². The molecular formula is C12H11Cl2NO. The summed E-state index contributed by atoms with van der Waals surface area (Å²) in [5.41, 5.74) is 2.02. The predicted octanol–water partition coefficient (Wildman–Crippen LogP) is 3.90. The molecule has 4 heteroatoms. The topological polar surface area (TPSA) is 25.2 Å². The standard InChI is InChI=1S/C12H11Cl2NO/c1-15-11(10-6-7-16-12(10)14)8-2-4-9(13)5-3-8/h2-7,11,15H,1H3. The van der Waals surface area contributed by atoms with Crippen LogP contribution in [0.3, 0.4) is 0 Å². The SMILES string of the molecule is CNC(c1ccc(Cl)cc1)c1ccoc1Cl. The lowest BCUT2D eigenvalue weighted by molar-refractivity contribution is 0.559. The zero-order valence-corrected chi connectivity index (χ0v) is 10.2. The molecule has 0 saturated carbocycles. The Balaban J connectivity index is 2.37. The van der Waals surface area contributed by atoms with Crippen molar-refractivity contribution >= 4 is 23.2 Å². The third-order valence-corrected chi connectivity index (χ3v) is 3.01. The lowest BCUT2D eigenvalue weighted by atomic mass is 10.0. The smallest absolute Gasteiger partial charge is 0.198 e. The summed E-state index contributed by atoms with van der Waals surface area (Å²) >= 11 is 11.8. The van der Waals surface area contributed by atoms with E-state index in [0.29, 0.717) is 5.22 Å². The molecule has 1 atom stereocenters. The average molecular weight is 256 g/mol. The summed E-state index contributed by atoms with van der Waals surface area (Å²) in [5, 5.41) is 4.32. The average Bonchev–Trinajstić information content (AvgIpc) is 2.69. The summed E-state index contributed by atoms with van der Waals surface area (Å²) in [7, 11) is 1.88. The van der Waals surface area contributed by atoms with Crippen molar-refractivity contribution in [3.63, 3.8) is 0 Å². The van der Waals surface area contributed by atoms with Gasteiger partial charge >= 0.3 is 0 Å². The van der Waals surface area contributed by atoms with E-state index >= 15 is 0 Å². The summed E-state index contributed by atoms with van der Waals surface area (Å²) in [6, 6.07) is 9.52. The van der Waals surface area contributed by atoms with Crippen LogP contribution in [-0.4, -0.2) is 7.05 Å². The van der Waals surface area contributed by atoms with Crippen LogP contribution in [0.25, 0.3) is 0 Å². The lowest BCUT2D eigenvalue weighted by Gasteiger charge is -2.15. The van der Waals surface area contributed by atoms with E-state index in [9.17, 15) is 0 Å². The second-order valence-corrected chi connectivity index (χ2v) is 4.20. The fraction of sp³-hybridized carbons (Fsp3) is 0.167. The summed E-state index contributed by atoms with van der Waals surface area (Å²) in [5.74, 6) is 0. The Hall–Kier alpha value is -0.960. The van der Waals surface area contributed by atoms with Crippen molar-refractivity contribution in [3.8, 4) is 0 Å². The number of benzene rings is 1. The maximum absolute atomic E-state index is 5.96. The minimum absolute atomic E-state index is 0.0171. The molecular weight excluding hydrogens is 245 g/mol. The number of halogens is 2. The number of furan rings is 1. The van der Waals surface area contributed by atoms with Crippen LogP contribution in [0.4, 0.5) is 0 Å². The van der Waals surface area contributed by atoms with E-state index in [-0.39, 0.29) is 6.04 Å². The fourth-order valence-electron chi connectivity index (χ4n) is 1.67. The Bertz CT molecular complexity index is 464. The molecule has 0 aliphatic carbocycles.